The van der Waals surface area contributed by atoms with Crippen molar-refractivity contribution in [3.05, 3.63) is 83.9 Å². The van der Waals surface area contributed by atoms with Gasteiger partial charge in [-0.25, -0.2) is 0 Å². The van der Waals surface area contributed by atoms with Crippen LogP contribution in [-0.4, -0.2) is 23.2 Å². The van der Waals surface area contributed by atoms with Crippen molar-refractivity contribution >= 4 is 17.5 Å². The summed E-state index contributed by atoms with van der Waals surface area (Å²) in [5.74, 6) is 1.11. The predicted molar refractivity (Wildman–Crippen MR) is 99.4 cm³/mol. The molecule has 2 aromatic carbocycles. The molecule has 0 radical (unpaired) electrons. The third kappa shape index (κ3) is 4.88. The number of rotatable bonds is 6. The van der Waals surface area contributed by atoms with Crippen molar-refractivity contribution < 1.29 is 4.79 Å². The topological polar surface area (TPSA) is 58.1 Å². The lowest BCUT2D eigenvalue weighted by molar-refractivity contribution is -0.115. The second-order valence-corrected chi connectivity index (χ2v) is 5.83. The summed E-state index contributed by atoms with van der Waals surface area (Å²) in [5, 5.41) is 11.1. The van der Waals surface area contributed by atoms with E-state index in [0.717, 1.165) is 17.9 Å². The van der Waals surface area contributed by atoms with Crippen LogP contribution in [0.15, 0.2) is 72.8 Å². The quantitative estimate of drug-likeness (QED) is 0.752. The number of benzene rings is 2. The first-order valence-corrected chi connectivity index (χ1v) is 8.13. The van der Waals surface area contributed by atoms with Crippen LogP contribution in [0.5, 0.6) is 0 Å². The molecule has 1 amide bonds. The van der Waals surface area contributed by atoms with Gasteiger partial charge < -0.3 is 10.2 Å². The molecule has 0 saturated heterocycles. The highest BCUT2D eigenvalue weighted by Gasteiger charge is 2.07. The molecule has 0 aliphatic heterocycles. The van der Waals surface area contributed by atoms with E-state index in [-0.39, 0.29) is 5.91 Å². The van der Waals surface area contributed by atoms with Crippen LogP contribution in [-0.2, 0) is 17.8 Å². The molecule has 0 aliphatic carbocycles. The Labute approximate surface area is 147 Å². The van der Waals surface area contributed by atoms with Gasteiger partial charge >= 0.3 is 0 Å². The summed E-state index contributed by atoms with van der Waals surface area (Å²) in [6.07, 6.45) is 0.318. The highest BCUT2D eigenvalue weighted by molar-refractivity contribution is 5.91. The summed E-state index contributed by atoms with van der Waals surface area (Å²) in [4.78, 5) is 14.1. The van der Waals surface area contributed by atoms with Crippen LogP contribution in [0.1, 0.15) is 11.1 Å². The summed E-state index contributed by atoms with van der Waals surface area (Å²) in [7, 11) is 1.96. The second kappa shape index (κ2) is 8.06. The molecule has 25 heavy (non-hydrogen) atoms. The minimum Gasteiger partial charge on any atom is -0.354 e. The maximum atomic E-state index is 12.1. The molecular weight excluding hydrogens is 312 g/mol. The molecule has 1 aromatic heterocycles. The maximum Gasteiger partial charge on any atom is 0.229 e. The van der Waals surface area contributed by atoms with Crippen molar-refractivity contribution in [2.75, 3.05) is 17.3 Å². The van der Waals surface area contributed by atoms with Gasteiger partial charge in [-0.15, -0.1) is 10.2 Å². The van der Waals surface area contributed by atoms with Crippen molar-refractivity contribution in [1.29, 1.82) is 0 Å². The van der Waals surface area contributed by atoms with Gasteiger partial charge in [0.15, 0.2) is 11.6 Å². The monoisotopic (exact) mass is 332 g/mol. The van der Waals surface area contributed by atoms with Crippen molar-refractivity contribution in [2.45, 2.75) is 13.0 Å². The van der Waals surface area contributed by atoms with Crippen LogP contribution in [0.3, 0.4) is 0 Å². The molecule has 0 atom stereocenters. The number of hydrogen-bond acceptors (Lipinski definition) is 4. The van der Waals surface area contributed by atoms with Crippen LogP contribution >= 0.6 is 0 Å². The first-order valence-electron chi connectivity index (χ1n) is 8.13. The Morgan fingerprint density at radius 1 is 0.880 bits per heavy atom. The van der Waals surface area contributed by atoms with Gasteiger partial charge in [-0.3, -0.25) is 4.79 Å². The fourth-order valence-corrected chi connectivity index (χ4v) is 2.50. The number of carbonyl (C=O) groups is 1. The van der Waals surface area contributed by atoms with Gasteiger partial charge in [-0.2, -0.15) is 0 Å². The minimum atomic E-state index is -0.106. The molecule has 3 aromatic rings. The minimum absolute atomic E-state index is 0.106. The van der Waals surface area contributed by atoms with E-state index >= 15 is 0 Å². The highest BCUT2D eigenvalue weighted by Crippen LogP contribution is 2.13. The molecule has 5 nitrogen and oxygen atoms in total. The van der Waals surface area contributed by atoms with E-state index in [1.807, 2.05) is 66.5 Å². The third-order valence-electron chi connectivity index (χ3n) is 3.78. The number of nitrogens with zero attached hydrogens (tertiary/aromatic N) is 3. The molecule has 1 heterocycles. The average Bonchev–Trinajstić information content (AvgIpc) is 2.64. The zero-order valence-electron chi connectivity index (χ0n) is 14.1. The molecule has 0 spiro atoms. The summed E-state index contributed by atoms with van der Waals surface area (Å²) < 4.78 is 0. The molecule has 0 fully saturated rings. The van der Waals surface area contributed by atoms with Gasteiger partial charge in [0.1, 0.15) is 0 Å². The van der Waals surface area contributed by atoms with Crippen LogP contribution in [0.2, 0.25) is 0 Å². The average molecular weight is 332 g/mol. The summed E-state index contributed by atoms with van der Waals surface area (Å²) >= 11 is 0. The Balaban J connectivity index is 1.57. The molecule has 0 saturated carbocycles. The van der Waals surface area contributed by atoms with Gasteiger partial charge in [0.05, 0.1) is 6.42 Å². The fourth-order valence-electron chi connectivity index (χ4n) is 2.50. The van der Waals surface area contributed by atoms with E-state index in [9.17, 15) is 4.79 Å². The lowest BCUT2D eigenvalue weighted by atomic mass is 10.1. The van der Waals surface area contributed by atoms with Crippen LogP contribution in [0, 0.1) is 0 Å². The van der Waals surface area contributed by atoms with Crippen molar-refractivity contribution in [2.24, 2.45) is 0 Å². The predicted octanol–water partition coefficient (Wildman–Crippen LogP) is 3.29. The van der Waals surface area contributed by atoms with Crippen LogP contribution in [0.4, 0.5) is 11.6 Å². The SMILES string of the molecule is CN(Cc1ccccc1)c1ccc(NC(=O)Cc2ccccc2)nn1. The second-order valence-electron chi connectivity index (χ2n) is 5.83. The molecule has 0 unspecified atom stereocenters. The smallest absolute Gasteiger partial charge is 0.229 e. The molecule has 126 valence electrons. The Morgan fingerprint density at radius 2 is 1.52 bits per heavy atom. The molecule has 0 aliphatic rings. The number of amides is 1. The summed E-state index contributed by atoms with van der Waals surface area (Å²) in [6.45, 7) is 0.745. The number of aromatic nitrogens is 2. The van der Waals surface area contributed by atoms with E-state index < -0.39 is 0 Å². The first-order chi connectivity index (χ1) is 12.2. The molecular formula is C20H20N4O. The maximum absolute atomic E-state index is 12.1. The number of hydrogen-bond donors (Lipinski definition) is 1. The van der Waals surface area contributed by atoms with Crippen LogP contribution in [0.25, 0.3) is 0 Å². The number of nitrogens with one attached hydrogen (secondary N) is 1. The molecule has 5 heteroatoms. The summed E-state index contributed by atoms with van der Waals surface area (Å²) in [6, 6.07) is 23.4. The van der Waals surface area contributed by atoms with Crippen molar-refractivity contribution in [1.82, 2.24) is 10.2 Å². The zero-order chi connectivity index (χ0) is 17.5. The van der Waals surface area contributed by atoms with E-state index in [4.69, 9.17) is 0 Å². The lowest BCUT2D eigenvalue weighted by Gasteiger charge is -2.17. The van der Waals surface area contributed by atoms with Crippen molar-refractivity contribution in [3.63, 3.8) is 0 Å². The summed E-state index contributed by atoms with van der Waals surface area (Å²) in [5.41, 5.74) is 2.17. The number of carbonyl (C=O) groups excluding carboxylic acids is 1. The van der Waals surface area contributed by atoms with Gasteiger partial charge in [0.25, 0.3) is 0 Å². The van der Waals surface area contributed by atoms with Gasteiger partial charge in [-0.1, -0.05) is 60.7 Å². The Hall–Kier alpha value is -3.21. The third-order valence-corrected chi connectivity index (χ3v) is 3.78. The van der Waals surface area contributed by atoms with Gasteiger partial charge in [0.2, 0.25) is 5.91 Å². The fraction of sp³-hybridized carbons (Fsp3) is 0.150. The normalized spacial score (nSPS) is 10.3. The number of anilines is 2. The van der Waals surface area contributed by atoms with E-state index in [2.05, 4.69) is 27.6 Å². The molecule has 3 rings (SSSR count). The largest absolute Gasteiger partial charge is 0.354 e. The lowest BCUT2D eigenvalue weighted by Crippen LogP contribution is -2.19. The highest BCUT2D eigenvalue weighted by atomic mass is 16.1. The zero-order valence-corrected chi connectivity index (χ0v) is 14.1. The molecule has 0 bridgehead atoms. The Bertz CT molecular complexity index is 804. The first kappa shape index (κ1) is 16.6. The van der Waals surface area contributed by atoms with Crippen LogP contribution < -0.4 is 10.2 Å². The van der Waals surface area contributed by atoms with Crippen molar-refractivity contribution in [3.8, 4) is 0 Å². The molecule has 1 N–H and O–H groups in total. The van der Waals surface area contributed by atoms with Gasteiger partial charge in [0, 0.05) is 13.6 Å². The van der Waals surface area contributed by atoms with E-state index in [1.165, 1.54) is 5.56 Å². The van der Waals surface area contributed by atoms with E-state index in [0.29, 0.717) is 12.2 Å². The van der Waals surface area contributed by atoms with E-state index in [1.54, 1.807) is 6.07 Å². The van der Waals surface area contributed by atoms with Gasteiger partial charge in [-0.05, 0) is 23.3 Å². The Kier molecular flexibility index (Phi) is 5.36. The Morgan fingerprint density at radius 3 is 2.12 bits per heavy atom. The standard InChI is InChI=1S/C20H20N4O/c1-24(15-17-10-6-3-7-11-17)19-13-12-18(22-23-19)21-20(25)14-16-8-4-2-5-9-16/h2-13H,14-15H2,1H3,(H,21,22,25).